The summed E-state index contributed by atoms with van der Waals surface area (Å²) >= 11 is 4.07. The molecule has 3 heterocycles. The zero-order chi connectivity index (χ0) is 22.2. The molecule has 2 aliphatic heterocycles. The number of hydrogen-bond donors (Lipinski definition) is 2. The van der Waals surface area contributed by atoms with Crippen molar-refractivity contribution < 1.29 is 27.9 Å². The van der Waals surface area contributed by atoms with Crippen molar-refractivity contribution in [3.05, 3.63) is 16.3 Å². The number of carboxylic acid groups (broad SMARTS) is 1. The molecule has 11 nitrogen and oxygen atoms in total. The first-order valence-corrected chi connectivity index (χ1v) is 13.0. The summed E-state index contributed by atoms with van der Waals surface area (Å²) < 4.78 is 25.3. The minimum absolute atomic E-state index is 0.0936. The Labute approximate surface area is 185 Å². The van der Waals surface area contributed by atoms with Crippen molar-refractivity contribution in [3.63, 3.8) is 0 Å². The number of aromatic nitrogens is 2. The van der Waals surface area contributed by atoms with Crippen LogP contribution in [0, 0.1) is 6.92 Å². The van der Waals surface area contributed by atoms with Gasteiger partial charge in [-0.1, -0.05) is 23.1 Å². The third-order valence-corrected chi connectivity index (χ3v) is 9.45. The molecule has 0 bridgehead atoms. The highest BCUT2D eigenvalue weighted by molar-refractivity contribution is 8.01. The van der Waals surface area contributed by atoms with Crippen LogP contribution in [0.4, 0.5) is 0 Å². The standard InChI is InChI=1S/C15H19N5O6S4/c1-7-17-18-15(29-7)28-5-8-4-27-13-10(12(22)20(13)11(8)14(23)24)16-9(21)6-30(25,26)19(2)3/h10,13H,4-6H2,1-3H3,(H,16,21)(H,23,24)/t10?,13-/m0/s1. The van der Waals surface area contributed by atoms with Gasteiger partial charge in [0.1, 0.15) is 27.9 Å². The van der Waals surface area contributed by atoms with Crippen LogP contribution in [0.2, 0.25) is 0 Å². The predicted octanol–water partition coefficient (Wildman–Crippen LogP) is -0.431. The summed E-state index contributed by atoms with van der Waals surface area (Å²) in [5, 5.41) is 20.2. The minimum Gasteiger partial charge on any atom is -0.477 e. The van der Waals surface area contributed by atoms with Crippen LogP contribution in [-0.2, 0) is 24.4 Å². The Kier molecular flexibility index (Phi) is 6.76. The van der Waals surface area contributed by atoms with Gasteiger partial charge in [-0.3, -0.25) is 14.5 Å². The highest BCUT2D eigenvalue weighted by atomic mass is 32.2. The van der Waals surface area contributed by atoms with Gasteiger partial charge in [0.05, 0.1) is 0 Å². The van der Waals surface area contributed by atoms with E-state index in [-0.39, 0.29) is 5.70 Å². The Morgan fingerprint density at radius 1 is 1.37 bits per heavy atom. The van der Waals surface area contributed by atoms with Crippen molar-refractivity contribution in [1.29, 1.82) is 0 Å². The molecule has 0 aromatic carbocycles. The summed E-state index contributed by atoms with van der Waals surface area (Å²) in [6.45, 7) is 1.82. The SMILES string of the molecule is Cc1nnc(SCC2=C(C(=O)O)N3C(=O)C(NC(=O)CS(=O)(=O)N(C)C)[C@@H]3SC2)s1. The van der Waals surface area contributed by atoms with Crippen molar-refractivity contribution in [1.82, 2.24) is 24.7 Å². The van der Waals surface area contributed by atoms with E-state index in [0.29, 0.717) is 21.4 Å². The minimum atomic E-state index is -3.77. The van der Waals surface area contributed by atoms with E-state index in [9.17, 15) is 27.9 Å². The number of nitrogens with zero attached hydrogens (tertiary/aromatic N) is 4. The molecule has 1 fully saturated rings. The zero-order valence-corrected chi connectivity index (χ0v) is 19.5. The molecule has 0 saturated carbocycles. The Morgan fingerprint density at radius 3 is 2.63 bits per heavy atom. The Bertz CT molecular complexity index is 1020. The van der Waals surface area contributed by atoms with E-state index >= 15 is 0 Å². The van der Waals surface area contributed by atoms with E-state index in [1.165, 1.54) is 49.0 Å². The smallest absolute Gasteiger partial charge is 0.352 e. The lowest BCUT2D eigenvalue weighted by molar-refractivity contribution is -0.150. The lowest BCUT2D eigenvalue weighted by Gasteiger charge is -2.49. The van der Waals surface area contributed by atoms with E-state index in [0.717, 1.165) is 14.2 Å². The van der Waals surface area contributed by atoms with Crippen LogP contribution in [0.3, 0.4) is 0 Å². The topological polar surface area (TPSA) is 150 Å². The predicted molar refractivity (Wildman–Crippen MR) is 113 cm³/mol. The number of β-lactam (4-membered cyclic amide) rings is 1. The molecule has 15 heteroatoms. The second kappa shape index (κ2) is 8.82. The van der Waals surface area contributed by atoms with Crippen molar-refractivity contribution in [2.24, 2.45) is 0 Å². The van der Waals surface area contributed by atoms with Gasteiger partial charge in [0.25, 0.3) is 5.91 Å². The fraction of sp³-hybridized carbons (Fsp3) is 0.533. The van der Waals surface area contributed by atoms with E-state index < -0.39 is 45.0 Å². The molecule has 2 aliphatic rings. The molecule has 1 saturated heterocycles. The molecule has 1 unspecified atom stereocenters. The molecule has 1 aromatic heterocycles. The highest BCUT2D eigenvalue weighted by Crippen LogP contribution is 2.41. The summed E-state index contributed by atoms with van der Waals surface area (Å²) in [7, 11) is -1.15. The highest BCUT2D eigenvalue weighted by Gasteiger charge is 2.54. The van der Waals surface area contributed by atoms with E-state index in [4.69, 9.17) is 0 Å². The van der Waals surface area contributed by atoms with Gasteiger partial charge in [-0.05, 0) is 12.5 Å². The van der Waals surface area contributed by atoms with Crippen LogP contribution in [0.1, 0.15) is 5.01 Å². The third kappa shape index (κ3) is 4.64. The summed E-state index contributed by atoms with van der Waals surface area (Å²) in [4.78, 5) is 37.7. The first kappa shape index (κ1) is 23.0. The summed E-state index contributed by atoms with van der Waals surface area (Å²) in [6, 6.07) is -0.964. The summed E-state index contributed by atoms with van der Waals surface area (Å²) in [5.74, 6) is -2.68. The second-order valence-electron chi connectivity index (χ2n) is 6.63. The fourth-order valence-corrected chi connectivity index (χ4v) is 6.76. The van der Waals surface area contributed by atoms with E-state index in [2.05, 4.69) is 15.5 Å². The number of rotatable bonds is 8. The monoisotopic (exact) mass is 493 g/mol. The third-order valence-electron chi connectivity index (χ3n) is 4.31. The fourth-order valence-electron chi connectivity index (χ4n) is 2.79. The number of aliphatic carboxylic acids is 1. The lowest BCUT2D eigenvalue weighted by atomic mass is 10.0. The Hall–Kier alpha value is -1.68. The average molecular weight is 494 g/mol. The molecular formula is C15H19N5O6S4. The zero-order valence-electron chi connectivity index (χ0n) is 16.2. The number of carbonyl (C=O) groups excluding carboxylic acids is 2. The maximum atomic E-state index is 12.6. The summed E-state index contributed by atoms with van der Waals surface area (Å²) in [5.41, 5.74) is 0.485. The van der Waals surface area contributed by atoms with E-state index in [1.54, 1.807) is 0 Å². The van der Waals surface area contributed by atoms with Crippen LogP contribution in [0.5, 0.6) is 0 Å². The number of amides is 2. The van der Waals surface area contributed by atoms with Gasteiger partial charge in [0.15, 0.2) is 4.34 Å². The van der Waals surface area contributed by atoms with Gasteiger partial charge in [-0.25, -0.2) is 17.5 Å². The van der Waals surface area contributed by atoms with Crippen LogP contribution >= 0.6 is 34.9 Å². The molecule has 164 valence electrons. The average Bonchev–Trinajstić information content (AvgIpc) is 3.08. The first-order valence-electron chi connectivity index (χ1n) is 8.53. The molecule has 0 spiro atoms. The molecule has 2 atom stereocenters. The number of aryl methyl sites for hydroxylation is 1. The number of hydrogen-bond acceptors (Lipinski definition) is 10. The quantitative estimate of drug-likeness (QED) is 0.361. The molecule has 0 radical (unpaired) electrons. The van der Waals surface area contributed by atoms with Crippen molar-refractivity contribution in [2.75, 3.05) is 31.4 Å². The van der Waals surface area contributed by atoms with Gasteiger partial charge in [-0.15, -0.1) is 22.0 Å². The summed E-state index contributed by atoms with van der Waals surface area (Å²) in [6.07, 6.45) is 0. The molecule has 2 amide bonds. The first-order chi connectivity index (χ1) is 14.0. The van der Waals surface area contributed by atoms with Gasteiger partial charge < -0.3 is 10.4 Å². The maximum Gasteiger partial charge on any atom is 0.352 e. The van der Waals surface area contributed by atoms with Crippen molar-refractivity contribution in [2.45, 2.75) is 22.7 Å². The van der Waals surface area contributed by atoms with Gasteiger partial charge >= 0.3 is 5.97 Å². The number of nitrogens with one attached hydrogen (secondary N) is 1. The lowest BCUT2D eigenvalue weighted by Crippen LogP contribution is -2.71. The number of carboxylic acids is 1. The maximum absolute atomic E-state index is 12.6. The largest absolute Gasteiger partial charge is 0.477 e. The molecule has 0 aliphatic carbocycles. The van der Waals surface area contributed by atoms with Crippen LogP contribution in [0.25, 0.3) is 0 Å². The van der Waals surface area contributed by atoms with Gasteiger partial charge in [0.2, 0.25) is 15.9 Å². The molecule has 3 rings (SSSR count). The normalized spacial score (nSPS) is 21.5. The molecule has 30 heavy (non-hydrogen) atoms. The Balaban J connectivity index is 1.70. The number of fused-ring (bicyclic) bond motifs is 1. The number of carbonyl (C=O) groups is 3. The van der Waals surface area contributed by atoms with Crippen LogP contribution in [-0.4, -0.2) is 93.5 Å². The number of sulfonamides is 1. The molecule has 1 aromatic rings. The van der Waals surface area contributed by atoms with Crippen LogP contribution in [0.15, 0.2) is 15.6 Å². The van der Waals surface area contributed by atoms with Gasteiger partial charge in [-0.2, -0.15) is 0 Å². The van der Waals surface area contributed by atoms with E-state index in [1.807, 2.05) is 6.92 Å². The van der Waals surface area contributed by atoms with Crippen LogP contribution < -0.4 is 5.32 Å². The van der Waals surface area contributed by atoms with Crippen molar-refractivity contribution in [3.8, 4) is 0 Å². The van der Waals surface area contributed by atoms with Crippen molar-refractivity contribution >= 4 is 62.7 Å². The second-order valence-corrected chi connectivity index (χ2v) is 12.3. The van der Waals surface area contributed by atoms with Gasteiger partial charge in [0, 0.05) is 25.6 Å². The number of thioether (sulfide) groups is 2. The Morgan fingerprint density at radius 2 is 2.07 bits per heavy atom. The molecule has 2 N–H and O–H groups in total. The molecular weight excluding hydrogens is 474 g/mol.